The topological polar surface area (TPSA) is 70.2 Å². The molecule has 0 heterocycles. The average molecular weight is 344 g/mol. The van der Waals surface area contributed by atoms with E-state index in [9.17, 15) is 9.59 Å². The van der Waals surface area contributed by atoms with Gasteiger partial charge in [0.05, 0.1) is 10.6 Å². The lowest BCUT2D eigenvalue weighted by Gasteiger charge is -2.18. The van der Waals surface area contributed by atoms with E-state index in [1.54, 1.807) is 36.0 Å². The minimum atomic E-state index is -0.562. The number of rotatable bonds is 9. The first-order chi connectivity index (χ1) is 10.6. The van der Waals surface area contributed by atoms with Crippen molar-refractivity contribution in [2.75, 3.05) is 32.1 Å². The molecule has 0 spiro atoms. The van der Waals surface area contributed by atoms with Crippen molar-refractivity contribution in [3.8, 4) is 0 Å². The Morgan fingerprint density at radius 1 is 1.27 bits per heavy atom. The van der Waals surface area contributed by atoms with E-state index >= 15 is 0 Å². The Labute approximate surface area is 140 Å². The van der Waals surface area contributed by atoms with Crippen LogP contribution in [0.1, 0.15) is 16.8 Å². The molecule has 0 aliphatic rings. The number of carbonyl (C=O) groups is 2. The van der Waals surface area contributed by atoms with Gasteiger partial charge in [-0.3, -0.25) is 9.59 Å². The normalized spacial score (nSPS) is 11.8. The summed E-state index contributed by atoms with van der Waals surface area (Å²) >= 11 is 7.65. The Morgan fingerprint density at radius 2 is 2.00 bits per heavy atom. The van der Waals surface area contributed by atoms with Crippen LogP contribution in [-0.4, -0.2) is 50.0 Å². The molecule has 22 heavy (non-hydrogen) atoms. The molecule has 0 fully saturated rings. The van der Waals surface area contributed by atoms with Gasteiger partial charge in [-0.15, -0.1) is 0 Å². The van der Waals surface area contributed by atoms with Crippen molar-refractivity contribution in [2.45, 2.75) is 12.5 Å². The fraction of sp³-hybridized carbons (Fsp3) is 0.467. The third-order valence-electron chi connectivity index (χ3n) is 3.03. The molecule has 5 nitrogen and oxygen atoms in total. The predicted octanol–water partition coefficient (Wildman–Crippen LogP) is 1.53. The number of amides is 2. The Hall–Kier alpha value is -1.24. The van der Waals surface area contributed by atoms with Crippen LogP contribution in [0.15, 0.2) is 24.3 Å². The van der Waals surface area contributed by atoms with Crippen LogP contribution >= 0.6 is 23.4 Å². The molecular weight excluding hydrogens is 322 g/mol. The van der Waals surface area contributed by atoms with Gasteiger partial charge in [0, 0.05) is 13.1 Å². The summed E-state index contributed by atoms with van der Waals surface area (Å²) in [6, 6.07) is 6.23. The lowest BCUT2D eigenvalue weighted by Crippen LogP contribution is -2.48. The summed E-state index contributed by atoms with van der Waals surface area (Å²) in [5.41, 5.74) is 0.376. The molecule has 1 atom stereocenters. The van der Waals surface area contributed by atoms with Crippen LogP contribution in [0.2, 0.25) is 5.02 Å². The summed E-state index contributed by atoms with van der Waals surface area (Å²) in [5.74, 6) is 0.276. The molecule has 3 N–H and O–H groups in total. The maximum atomic E-state index is 12.3. The van der Waals surface area contributed by atoms with Crippen molar-refractivity contribution in [1.29, 1.82) is 0 Å². The fourth-order valence-electron chi connectivity index (χ4n) is 1.82. The number of hydrogen-bond acceptors (Lipinski definition) is 4. The monoisotopic (exact) mass is 343 g/mol. The Bertz CT molecular complexity index is 499. The number of benzene rings is 1. The molecule has 0 aliphatic heterocycles. The number of likely N-dealkylation sites (N-methyl/N-ethyl adjacent to an activating group) is 1. The van der Waals surface area contributed by atoms with E-state index in [2.05, 4.69) is 16.0 Å². The molecule has 1 aromatic carbocycles. The first-order valence-electron chi connectivity index (χ1n) is 7.06. The maximum Gasteiger partial charge on any atom is 0.253 e. The molecule has 0 saturated heterocycles. The zero-order valence-corrected chi connectivity index (χ0v) is 14.4. The molecule has 122 valence electrons. The Balaban J connectivity index is 2.69. The van der Waals surface area contributed by atoms with Gasteiger partial charge in [-0.2, -0.15) is 11.8 Å². The zero-order chi connectivity index (χ0) is 16.4. The number of carbonyl (C=O) groups excluding carboxylic acids is 2. The standard InChI is InChI=1S/C15H22ClN3O2S/c1-17-8-9-18-15(21)13(7-10-22-2)19-14(20)11-5-3-4-6-12(11)16/h3-6,13,17H,7-10H2,1-2H3,(H,18,21)(H,19,20). The number of thioether (sulfide) groups is 1. The second kappa shape index (κ2) is 10.5. The van der Waals surface area contributed by atoms with E-state index in [0.717, 1.165) is 5.75 Å². The van der Waals surface area contributed by atoms with Gasteiger partial charge in [-0.25, -0.2) is 0 Å². The van der Waals surface area contributed by atoms with E-state index in [4.69, 9.17) is 11.6 Å². The molecule has 0 aliphatic carbocycles. The van der Waals surface area contributed by atoms with Crippen molar-refractivity contribution < 1.29 is 9.59 Å². The highest BCUT2D eigenvalue weighted by atomic mass is 35.5. The third-order valence-corrected chi connectivity index (χ3v) is 4.00. The molecule has 1 rings (SSSR count). The Kier molecular flexibility index (Phi) is 8.96. The van der Waals surface area contributed by atoms with Crippen LogP contribution in [0.25, 0.3) is 0 Å². The van der Waals surface area contributed by atoms with E-state index in [0.29, 0.717) is 30.1 Å². The highest BCUT2D eigenvalue weighted by Gasteiger charge is 2.21. The molecule has 0 saturated carbocycles. The lowest BCUT2D eigenvalue weighted by atomic mass is 10.1. The average Bonchev–Trinajstić information content (AvgIpc) is 2.51. The second-order valence-corrected chi connectivity index (χ2v) is 6.07. The second-order valence-electron chi connectivity index (χ2n) is 4.68. The largest absolute Gasteiger partial charge is 0.353 e. The Morgan fingerprint density at radius 3 is 2.64 bits per heavy atom. The highest BCUT2D eigenvalue weighted by molar-refractivity contribution is 7.98. The van der Waals surface area contributed by atoms with Gasteiger partial charge in [0.1, 0.15) is 6.04 Å². The summed E-state index contributed by atoms with van der Waals surface area (Å²) in [7, 11) is 1.82. The first kappa shape index (κ1) is 18.8. The number of nitrogens with one attached hydrogen (secondary N) is 3. The molecule has 1 unspecified atom stereocenters. The van der Waals surface area contributed by atoms with Crippen LogP contribution in [0.5, 0.6) is 0 Å². The minimum Gasteiger partial charge on any atom is -0.353 e. The summed E-state index contributed by atoms with van der Waals surface area (Å²) < 4.78 is 0. The quantitative estimate of drug-likeness (QED) is 0.595. The van der Waals surface area contributed by atoms with Crippen molar-refractivity contribution >= 4 is 35.2 Å². The SMILES string of the molecule is CNCCNC(=O)C(CCSC)NC(=O)c1ccccc1Cl. The van der Waals surface area contributed by atoms with Gasteiger partial charge in [0.2, 0.25) is 5.91 Å². The molecule has 2 amide bonds. The summed E-state index contributed by atoms with van der Waals surface area (Å²) in [5, 5.41) is 8.90. The van der Waals surface area contributed by atoms with Crippen LogP contribution in [0.4, 0.5) is 0 Å². The van der Waals surface area contributed by atoms with Gasteiger partial charge in [-0.05, 0) is 37.6 Å². The van der Waals surface area contributed by atoms with Gasteiger partial charge in [-0.1, -0.05) is 23.7 Å². The highest BCUT2D eigenvalue weighted by Crippen LogP contribution is 2.15. The first-order valence-corrected chi connectivity index (χ1v) is 8.84. The van der Waals surface area contributed by atoms with Gasteiger partial charge >= 0.3 is 0 Å². The molecular formula is C15H22ClN3O2S. The van der Waals surface area contributed by atoms with E-state index in [-0.39, 0.29) is 11.8 Å². The van der Waals surface area contributed by atoms with Gasteiger partial charge < -0.3 is 16.0 Å². The smallest absolute Gasteiger partial charge is 0.253 e. The van der Waals surface area contributed by atoms with Gasteiger partial charge in [0.15, 0.2) is 0 Å². The molecule has 0 bridgehead atoms. The zero-order valence-electron chi connectivity index (χ0n) is 12.8. The third kappa shape index (κ3) is 6.25. The molecule has 0 aromatic heterocycles. The fourth-order valence-corrected chi connectivity index (χ4v) is 2.51. The molecule has 0 radical (unpaired) electrons. The lowest BCUT2D eigenvalue weighted by molar-refractivity contribution is -0.122. The van der Waals surface area contributed by atoms with E-state index in [1.165, 1.54) is 0 Å². The summed E-state index contributed by atoms with van der Waals surface area (Å²) in [4.78, 5) is 24.5. The molecule has 1 aromatic rings. The number of hydrogen-bond donors (Lipinski definition) is 3. The summed E-state index contributed by atoms with van der Waals surface area (Å²) in [6.07, 6.45) is 2.54. The molecule has 7 heteroatoms. The number of halogens is 1. The van der Waals surface area contributed by atoms with Crippen LogP contribution in [0.3, 0.4) is 0 Å². The van der Waals surface area contributed by atoms with E-state index < -0.39 is 6.04 Å². The van der Waals surface area contributed by atoms with Crippen LogP contribution < -0.4 is 16.0 Å². The van der Waals surface area contributed by atoms with Crippen LogP contribution in [-0.2, 0) is 4.79 Å². The summed E-state index contributed by atoms with van der Waals surface area (Å²) in [6.45, 7) is 1.20. The van der Waals surface area contributed by atoms with Crippen molar-refractivity contribution in [1.82, 2.24) is 16.0 Å². The van der Waals surface area contributed by atoms with Crippen molar-refractivity contribution in [3.05, 3.63) is 34.9 Å². The minimum absolute atomic E-state index is 0.176. The van der Waals surface area contributed by atoms with Crippen molar-refractivity contribution in [3.63, 3.8) is 0 Å². The van der Waals surface area contributed by atoms with Crippen LogP contribution in [0, 0.1) is 0 Å². The van der Waals surface area contributed by atoms with E-state index in [1.807, 2.05) is 13.3 Å². The van der Waals surface area contributed by atoms with Gasteiger partial charge in [0.25, 0.3) is 5.91 Å². The van der Waals surface area contributed by atoms with Crippen molar-refractivity contribution in [2.24, 2.45) is 0 Å². The maximum absolute atomic E-state index is 12.3. The predicted molar refractivity (Wildman–Crippen MR) is 92.6 cm³/mol.